The molecule has 2 N–H and O–H groups in total. The highest BCUT2D eigenvalue weighted by Crippen LogP contribution is 2.01. The highest BCUT2D eigenvalue weighted by atomic mass is 127. The third kappa shape index (κ3) is 9.79. The minimum absolute atomic E-state index is 0. The summed E-state index contributed by atoms with van der Waals surface area (Å²) < 4.78 is 16.4. The van der Waals surface area contributed by atoms with Crippen LogP contribution in [0.15, 0.2) is 58.1 Å². The smallest absolute Gasteiger partial charge is 0.191 e. The van der Waals surface area contributed by atoms with E-state index < -0.39 is 0 Å². The van der Waals surface area contributed by atoms with Crippen LogP contribution < -0.4 is 10.6 Å². The zero-order chi connectivity index (χ0) is 17.6. The van der Waals surface area contributed by atoms with E-state index in [-0.39, 0.29) is 24.0 Å². The number of furan rings is 1. The summed E-state index contributed by atoms with van der Waals surface area (Å²) in [6.07, 6.45) is 2.55. The molecule has 6 nitrogen and oxygen atoms in total. The second-order valence-electron chi connectivity index (χ2n) is 5.45. The van der Waals surface area contributed by atoms with Gasteiger partial charge in [0.1, 0.15) is 12.4 Å². The summed E-state index contributed by atoms with van der Waals surface area (Å²) in [6, 6.07) is 13.9. The molecule has 0 unspecified atom stereocenters. The summed E-state index contributed by atoms with van der Waals surface area (Å²) in [5.41, 5.74) is 1.18. The normalized spacial score (nSPS) is 11.0. The SMILES string of the molecule is CN=C(NCCCOCc1ccco1)NCCOCc1ccccc1.I. The Hall–Kier alpha value is -1.58. The number of nitrogens with zero attached hydrogens (tertiary/aromatic N) is 1. The molecule has 144 valence electrons. The predicted octanol–water partition coefficient (Wildman–Crippen LogP) is 3.19. The van der Waals surface area contributed by atoms with Gasteiger partial charge in [0, 0.05) is 26.7 Å². The van der Waals surface area contributed by atoms with E-state index in [4.69, 9.17) is 13.9 Å². The van der Waals surface area contributed by atoms with Gasteiger partial charge in [0.25, 0.3) is 0 Å². The molecule has 0 aliphatic carbocycles. The van der Waals surface area contributed by atoms with Gasteiger partial charge < -0.3 is 24.5 Å². The van der Waals surface area contributed by atoms with Crippen molar-refractivity contribution in [2.24, 2.45) is 4.99 Å². The summed E-state index contributed by atoms with van der Waals surface area (Å²) in [4.78, 5) is 4.19. The molecule has 1 aromatic carbocycles. The van der Waals surface area contributed by atoms with E-state index in [1.165, 1.54) is 5.56 Å². The number of hydrogen-bond acceptors (Lipinski definition) is 4. The Kier molecular flexibility index (Phi) is 12.6. The molecule has 2 rings (SSSR count). The first-order chi connectivity index (χ1) is 12.4. The van der Waals surface area contributed by atoms with Crippen LogP contribution >= 0.6 is 24.0 Å². The fraction of sp³-hybridized carbons (Fsp3) is 0.421. The van der Waals surface area contributed by atoms with Crippen LogP contribution in [0.2, 0.25) is 0 Å². The van der Waals surface area contributed by atoms with Gasteiger partial charge in [0.05, 0.1) is 19.5 Å². The van der Waals surface area contributed by atoms with E-state index in [0.29, 0.717) is 33.0 Å². The molecule has 0 aliphatic rings. The van der Waals surface area contributed by atoms with Crippen molar-refractivity contribution >= 4 is 29.9 Å². The van der Waals surface area contributed by atoms with E-state index in [1.807, 2.05) is 30.3 Å². The van der Waals surface area contributed by atoms with Crippen molar-refractivity contribution in [3.63, 3.8) is 0 Å². The highest BCUT2D eigenvalue weighted by molar-refractivity contribution is 14.0. The van der Waals surface area contributed by atoms with Crippen LogP contribution in [0.1, 0.15) is 17.7 Å². The number of ether oxygens (including phenoxy) is 2. The monoisotopic (exact) mass is 473 g/mol. The third-order valence-corrected chi connectivity index (χ3v) is 3.46. The minimum Gasteiger partial charge on any atom is -0.467 e. The summed E-state index contributed by atoms with van der Waals surface area (Å²) in [7, 11) is 1.76. The molecule has 0 radical (unpaired) electrons. The van der Waals surface area contributed by atoms with E-state index >= 15 is 0 Å². The minimum atomic E-state index is 0. The van der Waals surface area contributed by atoms with E-state index in [0.717, 1.165) is 24.7 Å². The Morgan fingerprint density at radius 2 is 1.73 bits per heavy atom. The molecule has 0 saturated carbocycles. The molecule has 0 aliphatic heterocycles. The second-order valence-corrected chi connectivity index (χ2v) is 5.45. The van der Waals surface area contributed by atoms with Crippen LogP contribution in [0.25, 0.3) is 0 Å². The molecular formula is C19H28IN3O3. The Morgan fingerprint density at radius 3 is 2.46 bits per heavy atom. The van der Waals surface area contributed by atoms with Crippen LogP contribution in [-0.2, 0) is 22.7 Å². The average molecular weight is 473 g/mol. The topological polar surface area (TPSA) is 68.0 Å². The first kappa shape index (κ1) is 22.5. The van der Waals surface area contributed by atoms with Crippen molar-refractivity contribution in [2.45, 2.75) is 19.6 Å². The molecule has 1 heterocycles. The number of nitrogens with one attached hydrogen (secondary N) is 2. The number of guanidine groups is 1. The quantitative estimate of drug-likeness (QED) is 0.227. The lowest BCUT2D eigenvalue weighted by Crippen LogP contribution is -2.39. The lowest BCUT2D eigenvalue weighted by Gasteiger charge is -2.12. The maximum absolute atomic E-state index is 5.63. The molecular weight excluding hydrogens is 445 g/mol. The lowest BCUT2D eigenvalue weighted by molar-refractivity contribution is 0.105. The molecule has 2 aromatic rings. The van der Waals surface area contributed by atoms with E-state index in [9.17, 15) is 0 Å². The maximum atomic E-state index is 5.63. The summed E-state index contributed by atoms with van der Waals surface area (Å²) in [5.74, 6) is 1.62. The van der Waals surface area contributed by atoms with Gasteiger partial charge >= 0.3 is 0 Å². The highest BCUT2D eigenvalue weighted by Gasteiger charge is 1.98. The first-order valence-corrected chi connectivity index (χ1v) is 8.55. The molecule has 1 aromatic heterocycles. The summed E-state index contributed by atoms with van der Waals surface area (Å²) in [5, 5.41) is 6.48. The molecule has 0 spiro atoms. The largest absolute Gasteiger partial charge is 0.467 e. The van der Waals surface area contributed by atoms with Gasteiger partial charge in [-0.05, 0) is 24.1 Å². The average Bonchev–Trinajstić information content (AvgIpc) is 3.17. The first-order valence-electron chi connectivity index (χ1n) is 8.55. The van der Waals surface area contributed by atoms with Gasteiger partial charge in [-0.3, -0.25) is 4.99 Å². The predicted molar refractivity (Wildman–Crippen MR) is 114 cm³/mol. The number of aliphatic imine (C=N–C) groups is 1. The van der Waals surface area contributed by atoms with Crippen LogP contribution in [0.5, 0.6) is 0 Å². The van der Waals surface area contributed by atoms with Crippen LogP contribution in [0.4, 0.5) is 0 Å². The molecule has 0 bridgehead atoms. The Morgan fingerprint density at radius 1 is 0.962 bits per heavy atom. The molecule has 26 heavy (non-hydrogen) atoms. The lowest BCUT2D eigenvalue weighted by atomic mass is 10.2. The fourth-order valence-corrected chi connectivity index (χ4v) is 2.17. The Bertz CT molecular complexity index is 591. The van der Waals surface area contributed by atoms with E-state index in [2.05, 4.69) is 27.8 Å². The standard InChI is InChI=1S/C19H27N3O3.HI/c1-20-19(21-10-6-12-23-16-18-9-5-13-25-18)22-11-14-24-15-17-7-3-2-4-8-17;/h2-5,7-9,13H,6,10-12,14-16H2,1H3,(H2,20,21,22);1H. The van der Waals surface area contributed by atoms with Gasteiger partial charge in [-0.15, -0.1) is 24.0 Å². The van der Waals surface area contributed by atoms with Crippen LogP contribution in [0, 0.1) is 0 Å². The van der Waals surface area contributed by atoms with Crippen LogP contribution in [-0.4, -0.2) is 39.3 Å². The molecule has 0 amide bonds. The zero-order valence-corrected chi connectivity index (χ0v) is 17.5. The van der Waals surface area contributed by atoms with Crippen molar-refractivity contribution in [3.05, 3.63) is 60.1 Å². The third-order valence-electron chi connectivity index (χ3n) is 3.46. The summed E-state index contributed by atoms with van der Waals surface area (Å²) >= 11 is 0. The summed E-state index contributed by atoms with van der Waals surface area (Å²) in [6.45, 7) is 3.94. The van der Waals surface area contributed by atoms with Crippen molar-refractivity contribution in [1.29, 1.82) is 0 Å². The van der Waals surface area contributed by atoms with Crippen molar-refractivity contribution in [2.75, 3.05) is 33.4 Å². The van der Waals surface area contributed by atoms with Gasteiger partial charge in [-0.1, -0.05) is 30.3 Å². The second kappa shape index (κ2) is 14.6. The van der Waals surface area contributed by atoms with E-state index in [1.54, 1.807) is 13.3 Å². The fourth-order valence-electron chi connectivity index (χ4n) is 2.17. The number of hydrogen-bond donors (Lipinski definition) is 2. The van der Waals surface area contributed by atoms with Gasteiger partial charge in [-0.25, -0.2) is 0 Å². The molecule has 0 fully saturated rings. The van der Waals surface area contributed by atoms with Gasteiger partial charge in [0.2, 0.25) is 0 Å². The number of rotatable bonds is 11. The van der Waals surface area contributed by atoms with Crippen molar-refractivity contribution in [1.82, 2.24) is 10.6 Å². The number of halogens is 1. The Balaban J connectivity index is 0.00000338. The molecule has 0 saturated heterocycles. The van der Waals surface area contributed by atoms with Crippen molar-refractivity contribution < 1.29 is 13.9 Å². The number of benzene rings is 1. The zero-order valence-electron chi connectivity index (χ0n) is 15.1. The van der Waals surface area contributed by atoms with Crippen molar-refractivity contribution in [3.8, 4) is 0 Å². The van der Waals surface area contributed by atoms with Gasteiger partial charge in [0.15, 0.2) is 5.96 Å². The van der Waals surface area contributed by atoms with Gasteiger partial charge in [-0.2, -0.15) is 0 Å². The maximum Gasteiger partial charge on any atom is 0.191 e. The Labute approximate surface area is 172 Å². The molecule has 0 atom stereocenters. The van der Waals surface area contributed by atoms with Crippen LogP contribution in [0.3, 0.4) is 0 Å². The molecule has 7 heteroatoms.